The minimum atomic E-state index is -0.305. The van der Waals surface area contributed by atoms with Crippen LogP contribution in [0.4, 0.5) is 11.6 Å². The molecule has 0 aromatic carbocycles. The number of amides is 1. The molecule has 1 saturated heterocycles. The molecule has 0 aliphatic carbocycles. The summed E-state index contributed by atoms with van der Waals surface area (Å²) in [6, 6.07) is 5.46. The van der Waals surface area contributed by atoms with E-state index >= 15 is 0 Å². The highest BCUT2D eigenvalue weighted by atomic mass is 16.2. The van der Waals surface area contributed by atoms with Crippen LogP contribution in [0.15, 0.2) is 36.9 Å². The predicted octanol–water partition coefficient (Wildman–Crippen LogP) is 1.62. The second-order valence-corrected chi connectivity index (χ2v) is 5.99. The molecule has 1 fully saturated rings. The first-order valence-electron chi connectivity index (χ1n) is 7.88. The summed E-state index contributed by atoms with van der Waals surface area (Å²) in [5, 5.41) is 7.33. The molecule has 8 nitrogen and oxygen atoms in total. The lowest BCUT2D eigenvalue weighted by atomic mass is 10.2. The van der Waals surface area contributed by atoms with Gasteiger partial charge in [-0.05, 0) is 30.5 Å². The van der Waals surface area contributed by atoms with Gasteiger partial charge in [0.1, 0.15) is 18.0 Å². The number of nitrogens with one attached hydrogen (secondary N) is 1. The number of anilines is 2. The van der Waals surface area contributed by atoms with Gasteiger partial charge in [0.15, 0.2) is 11.3 Å². The van der Waals surface area contributed by atoms with Gasteiger partial charge >= 0.3 is 0 Å². The highest BCUT2D eigenvalue weighted by molar-refractivity contribution is 6.02. The van der Waals surface area contributed by atoms with Crippen LogP contribution in [0.2, 0.25) is 0 Å². The zero-order valence-corrected chi connectivity index (χ0v) is 13.3. The summed E-state index contributed by atoms with van der Waals surface area (Å²) in [6.07, 6.45) is 5.64. The van der Waals surface area contributed by atoms with Crippen molar-refractivity contribution < 1.29 is 4.79 Å². The fourth-order valence-electron chi connectivity index (χ4n) is 2.88. The number of nitrogens with zero attached hydrogens (tertiary/aromatic N) is 6. The fraction of sp³-hybridized carbons (Fsp3) is 0.312. The molecule has 1 atom stereocenters. The lowest BCUT2D eigenvalue weighted by molar-refractivity contribution is 0.102. The Kier molecular flexibility index (Phi) is 3.56. The molecule has 3 aromatic rings. The molecular formula is C16H17N7O. The second-order valence-electron chi connectivity index (χ2n) is 5.99. The zero-order valence-electron chi connectivity index (χ0n) is 13.3. The van der Waals surface area contributed by atoms with E-state index in [9.17, 15) is 4.79 Å². The standard InChI is InChI=1S/C16H17N7O/c1-11-5-7-22(9-11)15-3-2-14-18-8-12(23(14)21-15)16(24)20-13-4-6-17-10-19-13/h2-4,6,8,10-11H,5,7,9H2,1H3,(H,17,19,20,24). The molecule has 1 unspecified atom stereocenters. The van der Waals surface area contributed by atoms with E-state index in [1.807, 2.05) is 12.1 Å². The smallest absolute Gasteiger partial charge is 0.277 e. The minimum absolute atomic E-state index is 0.305. The highest BCUT2D eigenvalue weighted by Crippen LogP contribution is 2.22. The Bertz CT molecular complexity index is 877. The molecule has 0 saturated carbocycles. The van der Waals surface area contributed by atoms with Crippen molar-refractivity contribution in [1.29, 1.82) is 0 Å². The Labute approximate surface area is 138 Å². The lowest BCUT2D eigenvalue weighted by Crippen LogP contribution is -2.22. The van der Waals surface area contributed by atoms with Crippen LogP contribution >= 0.6 is 0 Å². The maximum atomic E-state index is 12.5. The first-order valence-corrected chi connectivity index (χ1v) is 7.88. The summed E-state index contributed by atoms with van der Waals surface area (Å²) in [7, 11) is 0. The summed E-state index contributed by atoms with van der Waals surface area (Å²) in [5.41, 5.74) is 1.01. The molecule has 1 N–H and O–H groups in total. The van der Waals surface area contributed by atoms with E-state index in [1.54, 1.807) is 16.8 Å². The molecule has 122 valence electrons. The van der Waals surface area contributed by atoms with Gasteiger partial charge in [-0.3, -0.25) is 4.79 Å². The topological polar surface area (TPSA) is 88.3 Å². The van der Waals surface area contributed by atoms with E-state index in [-0.39, 0.29) is 5.91 Å². The van der Waals surface area contributed by atoms with Gasteiger partial charge in [-0.1, -0.05) is 6.92 Å². The maximum Gasteiger partial charge on any atom is 0.277 e. The van der Waals surface area contributed by atoms with Gasteiger partial charge in [-0.15, -0.1) is 5.10 Å². The minimum Gasteiger partial charge on any atom is -0.355 e. The summed E-state index contributed by atoms with van der Waals surface area (Å²) >= 11 is 0. The highest BCUT2D eigenvalue weighted by Gasteiger charge is 2.21. The van der Waals surface area contributed by atoms with Crippen molar-refractivity contribution >= 4 is 23.2 Å². The van der Waals surface area contributed by atoms with Crippen molar-refractivity contribution in [3.05, 3.63) is 42.6 Å². The predicted molar refractivity (Wildman–Crippen MR) is 89.0 cm³/mol. The molecular weight excluding hydrogens is 306 g/mol. The summed E-state index contributed by atoms with van der Waals surface area (Å²) < 4.78 is 1.58. The van der Waals surface area contributed by atoms with Crippen molar-refractivity contribution in [2.45, 2.75) is 13.3 Å². The van der Waals surface area contributed by atoms with E-state index < -0.39 is 0 Å². The van der Waals surface area contributed by atoms with Crippen LogP contribution in [0.5, 0.6) is 0 Å². The Balaban J connectivity index is 1.64. The third kappa shape index (κ3) is 2.66. The van der Waals surface area contributed by atoms with Gasteiger partial charge < -0.3 is 10.2 Å². The van der Waals surface area contributed by atoms with Crippen LogP contribution in [-0.4, -0.2) is 43.6 Å². The van der Waals surface area contributed by atoms with Gasteiger partial charge in [0.25, 0.3) is 5.91 Å². The van der Waals surface area contributed by atoms with Crippen molar-refractivity contribution in [1.82, 2.24) is 24.6 Å². The number of fused-ring (bicyclic) bond motifs is 1. The average molecular weight is 323 g/mol. The van der Waals surface area contributed by atoms with E-state index in [4.69, 9.17) is 0 Å². The molecule has 8 heteroatoms. The maximum absolute atomic E-state index is 12.5. The Morgan fingerprint density at radius 2 is 2.21 bits per heavy atom. The van der Waals surface area contributed by atoms with E-state index in [0.29, 0.717) is 23.1 Å². The molecule has 0 spiro atoms. The van der Waals surface area contributed by atoms with Gasteiger partial charge in [-0.2, -0.15) is 0 Å². The van der Waals surface area contributed by atoms with Crippen molar-refractivity contribution in [3.63, 3.8) is 0 Å². The van der Waals surface area contributed by atoms with Crippen LogP contribution in [0.1, 0.15) is 23.8 Å². The number of rotatable bonds is 3. The quantitative estimate of drug-likeness (QED) is 0.788. The van der Waals surface area contributed by atoms with Gasteiger partial charge in [0.2, 0.25) is 0 Å². The third-order valence-electron chi connectivity index (χ3n) is 4.15. The molecule has 0 bridgehead atoms. The SMILES string of the molecule is CC1CCN(c2ccc3ncc(C(=O)Nc4ccncn4)n3n2)C1. The third-order valence-corrected chi connectivity index (χ3v) is 4.15. The Morgan fingerprint density at radius 1 is 1.29 bits per heavy atom. The number of aromatic nitrogens is 5. The Morgan fingerprint density at radius 3 is 2.96 bits per heavy atom. The number of hydrogen-bond acceptors (Lipinski definition) is 6. The summed E-state index contributed by atoms with van der Waals surface area (Å²) in [5.74, 6) is 1.65. The molecule has 0 radical (unpaired) electrons. The van der Waals surface area contributed by atoms with Crippen molar-refractivity contribution in [2.75, 3.05) is 23.3 Å². The van der Waals surface area contributed by atoms with Gasteiger partial charge in [0, 0.05) is 19.3 Å². The Hall–Kier alpha value is -3.03. The van der Waals surface area contributed by atoms with E-state index in [2.05, 4.69) is 37.2 Å². The molecule has 4 heterocycles. The largest absolute Gasteiger partial charge is 0.355 e. The first kappa shape index (κ1) is 14.6. The molecule has 1 amide bonds. The van der Waals surface area contributed by atoms with Crippen LogP contribution < -0.4 is 10.2 Å². The summed E-state index contributed by atoms with van der Waals surface area (Å²) in [4.78, 5) is 26.8. The number of carbonyl (C=O) groups is 1. The average Bonchev–Trinajstić information content (AvgIpc) is 3.21. The lowest BCUT2D eigenvalue weighted by Gasteiger charge is -2.16. The zero-order chi connectivity index (χ0) is 16.5. The molecule has 4 rings (SSSR count). The van der Waals surface area contributed by atoms with Crippen molar-refractivity contribution in [3.8, 4) is 0 Å². The van der Waals surface area contributed by atoms with E-state index in [0.717, 1.165) is 25.3 Å². The molecule has 24 heavy (non-hydrogen) atoms. The van der Waals surface area contributed by atoms with Crippen molar-refractivity contribution in [2.24, 2.45) is 5.92 Å². The summed E-state index contributed by atoms with van der Waals surface area (Å²) in [6.45, 7) is 4.20. The number of hydrogen-bond donors (Lipinski definition) is 1. The monoisotopic (exact) mass is 323 g/mol. The van der Waals surface area contributed by atoms with Crippen LogP contribution in [0, 0.1) is 5.92 Å². The van der Waals surface area contributed by atoms with Crippen LogP contribution in [0.3, 0.4) is 0 Å². The van der Waals surface area contributed by atoms with Crippen LogP contribution in [-0.2, 0) is 0 Å². The normalized spacial score (nSPS) is 17.4. The van der Waals surface area contributed by atoms with Crippen LogP contribution in [0.25, 0.3) is 5.65 Å². The molecule has 3 aromatic heterocycles. The fourth-order valence-corrected chi connectivity index (χ4v) is 2.88. The molecule has 1 aliphatic heterocycles. The number of imidazole rings is 1. The van der Waals surface area contributed by atoms with Gasteiger partial charge in [0.05, 0.1) is 6.20 Å². The second kappa shape index (κ2) is 5.88. The molecule has 1 aliphatic rings. The van der Waals surface area contributed by atoms with E-state index in [1.165, 1.54) is 12.5 Å². The number of carbonyl (C=O) groups excluding carboxylic acids is 1. The van der Waals surface area contributed by atoms with Gasteiger partial charge in [-0.25, -0.2) is 19.5 Å². The first-order chi connectivity index (χ1) is 11.7.